The molecule has 0 aliphatic heterocycles. The SMILES string of the molecule is CCCc1ccc2c(N)c(C(=O)NCC(OC)OC)sc2n1. The fourth-order valence-corrected chi connectivity index (χ4v) is 3.15. The molecule has 22 heavy (non-hydrogen) atoms. The van der Waals surface area contributed by atoms with E-state index in [4.69, 9.17) is 15.2 Å². The van der Waals surface area contributed by atoms with Gasteiger partial charge in [0.05, 0.1) is 12.2 Å². The van der Waals surface area contributed by atoms with Crippen LogP contribution in [0.1, 0.15) is 28.7 Å². The van der Waals surface area contributed by atoms with Gasteiger partial charge in [0.15, 0.2) is 6.29 Å². The van der Waals surface area contributed by atoms with E-state index in [2.05, 4.69) is 17.2 Å². The number of pyridine rings is 1. The lowest BCUT2D eigenvalue weighted by Crippen LogP contribution is -2.34. The predicted octanol–water partition coefficient (Wildman–Crippen LogP) is 2.18. The average Bonchev–Trinajstić information content (AvgIpc) is 2.85. The quantitative estimate of drug-likeness (QED) is 0.763. The zero-order valence-corrected chi connectivity index (χ0v) is 13.8. The van der Waals surface area contributed by atoms with E-state index >= 15 is 0 Å². The highest BCUT2D eigenvalue weighted by atomic mass is 32.1. The van der Waals surface area contributed by atoms with E-state index in [-0.39, 0.29) is 12.5 Å². The van der Waals surface area contributed by atoms with Gasteiger partial charge in [0.2, 0.25) is 0 Å². The molecule has 0 fully saturated rings. The number of ether oxygens (including phenoxy) is 2. The van der Waals surface area contributed by atoms with Crippen molar-refractivity contribution >= 4 is 33.1 Å². The third kappa shape index (κ3) is 3.55. The van der Waals surface area contributed by atoms with Crippen molar-refractivity contribution in [3.63, 3.8) is 0 Å². The first-order valence-electron chi connectivity index (χ1n) is 7.12. The van der Waals surface area contributed by atoms with Crippen LogP contribution in [0.3, 0.4) is 0 Å². The van der Waals surface area contributed by atoms with E-state index in [1.807, 2.05) is 12.1 Å². The van der Waals surface area contributed by atoms with Gasteiger partial charge in [-0.1, -0.05) is 13.3 Å². The van der Waals surface area contributed by atoms with Gasteiger partial charge in [-0.3, -0.25) is 4.79 Å². The van der Waals surface area contributed by atoms with Crippen molar-refractivity contribution in [3.8, 4) is 0 Å². The Hall–Kier alpha value is -1.70. The monoisotopic (exact) mass is 323 g/mol. The lowest BCUT2D eigenvalue weighted by Gasteiger charge is -2.13. The number of rotatable bonds is 7. The van der Waals surface area contributed by atoms with Crippen molar-refractivity contribution in [1.29, 1.82) is 0 Å². The van der Waals surface area contributed by atoms with Crippen LogP contribution >= 0.6 is 11.3 Å². The van der Waals surface area contributed by atoms with Crippen LogP contribution in [0.4, 0.5) is 5.69 Å². The third-order valence-corrected chi connectivity index (χ3v) is 4.43. The van der Waals surface area contributed by atoms with E-state index in [1.54, 1.807) is 0 Å². The summed E-state index contributed by atoms with van der Waals surface area (Å²) in [6.45, 7) is 2.36. The number of carbonyl (C=O) groups is 1. The second-order valence-electron chi connectivity index (χ2n) is 4.86. The molecule has 120 valence electrons. The maximum atomic E-state index is 12.3. The van der Waals surface area contributed by atoms with Gasteiger partial charge >= 0.3 is 0 Å². The Morgan fingerprint density at radius 1 is 1.41 bits per heavy atom. The van der Waals surface area contributed by atoms with Crippen molar-refractivity contribution in [2.75, 3.05) is 26.5 Å². The van der Waals surface area contributed by atoms with Gasteiger partial charge in [0.1, 0.15) is 9.71 Å². The molecule has 7 heteroatoms. The number of nitrogen functional groups attached to an aromatic ring is 1. The van der Waals surface area contributed by atoms with E-state index in [1.165, 1.54) is 25.6 Å². The molecule has 6 nitrogen and oxygen atoms in total. The van der Waals surface area contributed by atoms with Gasteiger partial charge in [-0.05, 0) is 18.6 Å². The van der Waals surface area contributed by atoms with Crippen molar-refractivity contribution in [2.24, 2.45) is 0 Å². The van der Waals surface area contributed by atoms with Crippen LogP contribution in [0.2, 0.25) is 0 Å². The number of nitrogens with zero attached hydrogens (tertiary/aromatic N) is 1. The Labute approximate surface area is 133 Å². The van der Waals surface area contributed by atoms with Gasteiger partial charge in [0.25, 0.3) is 5.91 Å². The summed E-state index contributed by atoms with van der Waals surface area (Å²) < 4.78 is 10.1. The number of carbonyl (C=O) groups excluding carboxylic acids is 1. The summed E-state index contributed by atoms with van der Waals surface area (Å²) in [5, 5.41) is 3.58. The molecule has 1 amide bonds. The molecule has 2 rings (SSSR count). The lowest BCUT2D eigenvalue weighted by atomic mass is 10.2. The topological polar surface area (TPSA) is 86.5 Å². The second kappa shape index (κ2) is 7.53. The van der Waals surface area contributed by atoms with E-state index in [0.29, 0.717) is 10.6 Å². The molecule has 2 aromatic rings. The van der Waals surface area contributed by atoms with Crippen LogP contribution in [0.25, 0.3) is 10.2 Å². The highest BCUT2D eigenvalue weighted by Gasteiger charge is 2.18. The summed E-state index contributed by atoms with van der Waals surface area (Å²) in [6, 6.07) is 3.89. The molecule has 0 saturated heterocycles. The van der Waals surface area contributed by atoms with Gasteiger partial charge in [-0.2, -0.15) is 0 Å². The Kier molecular flexibility index (Phi) is 5.70. The average molecular weight is 323 g/mol. The number of thiophene rings is 1. The van der Waals surface area contributed by atoms with Crippen LogP contribution in [0.5, 0.6) is 0 Å². The number of hydrogen-bond donors (Lipinski definition) is 2. The van der Waals surface area contributed by atoms with E-state index in [0.717, 1.165) is 28.8 Å². The number of nitrogens with one attached hydrogen (secondary N) is 1. The maximum Gasteiger partial charge on any atom is 0.263 e. The lowest BCUT2D eigenvalue weighted by molar-refractivity contribution is -0.0974. The largest absolute Gasteiger partial charge is 0.397 e. The zero-order valence-electron chi connectivity index (χ0n) is 13.0. The molecule has 0 aliphatic rings. The number of anilines is 1. The number of aromatic nitrogens is 1. The van der Waals surface area contributed by atoms with Crippen molar-refractivity contribution in [1.82, 2.24) is 10.3 Å². The first kappa shape index (κ1) is 16.7. The minimum Gasteiger partial charge on any atom is -0.397 e. The second-order valence-corrected chi connectivity index (χ2v) is 5.86. The number of fused-ring (bicyclic) bond motifs is 1. The van der Waals surface area contributed by atoms with E-state index < -0.39 is 6.29 Å². The van der Waals surface area contributed by atoms with Crippen LogP contribution < -0.4 is 11.1 Å². The molecular weight excluding hydrogens is 302 g/mol. The molecule has 0 bridgehead atoms. The molecule has 2 aromatic heterocycles. The van der Waals surface area contributed by atoms with Gasteiger partial charge < -0.3 is 20.5 Å². The van der Waals surface area contributed by atoms with Crippen LogP contribution in [0.15, 0.2) is 12.1 Å². The van der Waals surface area contributed by atoms with E-state index in [9.17, 15) is 4.79 Å². The minimum absolute atomic E-state index is 0.239. The zero-order chi connectivity index (χ0) is 16.1. The molecule has 0 aromatic carbocycles. The summed E-state index contributed by atoms with van der Waals surface area (Å²) in [4.78, 5) is 18.1. The fraction of sp³-hybridized carbons (Fsp3) is 0.467. The number of hydrogen-bond acceptors (Lipinski definition) is 6. The highest BCUT2D eigenvalue weighted by molar-refractivity contribution is 7.21. The Balaban J connectivity index is 2.20. The molecule has 0 spiro atoms. The Bertz CT molecular complexity index is 653. The summed E-state index contributed by atoms with van der Waals surface area (Å²) >= 11 is 1.31. The normalized spacial score (nSPS) is 11.3. The smallest absolute Gasteiger partial charge is 0.263 e. The molecule has 0 aliphatic carbocycles. The van der Waals surface area contributed by atoms with Crippen LogP contribution in [0, 0.1) is 0 Å². The maximum absolute atomic E-state index is 12.3. The van der Waals surface area contributed by atoms with Crippen molar-refractivity contribution in [3.05, 3.63) is 22.7 Å². The number of nitrogens with two attached hydrogens (primary N) is 1. The minimum atomic E-state index is -0.478. The number of methoxy groups -OCH3 is 2. The first-order valence-corrected chi connectivity index (χ1v) is 7.94. The molecule has 3 N–H and O–H groups in total. The predicted molar refractivity (Wildman–Crippen MR) is 88.2 cm³/mol. The highest BCUT2D eigenvalue weighted by Crippen LogP contribution is 2.32. The molecule has 0 saturated carbocycles. The number of aryl methyl sites for hydroxylation is 1. The summed E-state index contributed by atoms with van der Waals surface area (Å²) in [6.07, 6.45) is 1.47. The van der Waals surface area contributed by atoms with Gasteiger partial charge in [0, 0.05) is 25.3 Å². The molecule has 0 atom stereocenters. The van der Waals surface area contributed by atoms with Crippen molar-refractivity contribution < 1.29 is 14.3 Å². The Morgan fingerprint density at radius 3 is 2.77 bits per heavy atom. The third-order valence-electron chi connectivity index (χ3n) is 3.32. The molecule has 2 heterocycles. The number of amides is 1. The summed E-state index contributed by atoms with van der Waals surface area (Å²) in [5.74, 6) is -0.239. The summed E-state index contributed by atoms with van der Waals surface area (Å²) in [5.41, 5.74) is 7.57. The first-order chi connectivity index (χ1) is 10.6. The Morgan fingerprint density at radius 2 is 2.14 bits per heavy atom. The van der Waals surface area contributed by atoms with Gasteiger partial charge in [-0.15, -0.1) is 11.3 Å². The van der Waals surface area contributed by atoms with Crippen LogP contribution in [-0.4, -0.2) is 37.9 Å². The molecular formula is C15H21N3O3S. The molecule has 0 unspecified atom stereocenters. The fourth-order valence-electron chi connectivity index (χ4n) is 2.12. The molecule has 0 radical (unpaired) electrons. The van der Waals surface area contributed by atoms with Gasteiger partial charge in [-0.25, -0.2) is 4.98 Å². The summed E-state index contributed by atoms with van der Waals surface area (Å²) in [7, 11) is 3.04. The van der Waals surface area contributed by atoms with Crippen LogP contribution in [-0.2, 0) is 15.9 Å². The standard InChI is InChI=1S/C15H21N3O3S/c1-4-5-9-6-7-10-12(16)13(22-15(10)18-9)14(19)17-8-11(20-2)21-3/h6-7,11H,4-5,8,16H2,1-3H3,(H,17,19). The van der Waals surface area contributed by atoms with Crippen molar-refractivity contribution in [2.45, 2.75) is 26.1 Å².